The van der Waals surface area contributed by atoms with Crippen LogP contribution in [0.5, 0.6) is 11.5 Å². The minimum absolute atomic E-state index is 0.499. The summed E-state index contributed by atoms with van der Waals surface area (Å²) >= 11 is 0. The molecule has 2 rings (SSSR count). The van der Waals surface area contributed by atoms with Crippen LogP contribution in [0.1, 0.15) is 11.1 Å². The van der Waals surface area contributed by atoms with Crippen molar-refractivity contribution in [1.29, 1.82) is 0 Å². The molecule has 0 aliphatic carbocycles. The summed E-state index contributed by atoms with van der Waals surface area (Å²) in [5.74, 6) is 1.49. The van der Waals surface area contributed by atoms with Gasteiger partial charge in [-0.2, -0.15) is 0 Å². The van der Waals surface area contributed by atoms with E-state index in [1.807, 2.05) is 36.4 Å². The minimum Gasteiger partial charge on any atom is -0.493 e. The minimum atomic E-state index is 0.499. The summed E-state index contributed by atoms with van der Waals surface area (Å²) in [5.41, 5.74) is 7.93. The predicted molar refractivity (Wildman–Crippen MR) is 76.5 cm³/mol. The van der Waals surface area contributed by atoms with Crippen LogP contribution in [0.2, 0.25) is 0 Å². The molecule has 0 unspecified atom stereocenters. The standard InChI is InChI=1S/C16H19NO2/c1-18-15-8-7-14(12-17)11-16(15)19-10-9-13-5-3-2-4-6-13/h2-8,11H,9-10,12,17H2,1H3. The predicted octanol–water partition coefficient (Wildman–Crippen LogP) is 2.78. The average Bonchev–Trinajstić information content (AvgIpc) is 2.48. The van der Waals surface area contributed by atoms with E-state index in [-0.39, 0.29) is 0 Å². The zero-order chi connectivity index (χ0) is 13.5. The fourth-order valence-electron chi connectivity index (χ4n) is 1.88. The molecule has 0 saturated carbocycles. The molecular formula is C16H19NO2. The molecule has 0 aromatic heterocycles. The first-order valence-electron chi connectivity index (χ1n) is 6.37. The summed E-state index contributed by atoms with van der Waals surface area (Å²) in [7, 11) is 1.64. The van der Waals surface area contributed by atoms with Gasteiger partial charge in [-0.05, 0) is 23.3 Å². The third-order valence-corrected chi connectivity index (χ3v) is 2.95. The molecule has 2 aromatic rings. The number of nitrogens with two attached hydrogens (primary N) is 1. The highest BCUT2D eigenvalue weighted by Gasteiger charge is 2.05. The van der Waals surface area contributed by atoms with Crippen molar-refractivity contribution in [3.8, 4) is 11.5 Å². The van der Waals surface area contributed by atoms with Gasteiger partial charge in [-0.3, -0.25) is 0 Å². The number of hydrogen-bond donors (Lipinski definition) is 1. The fourth-order valence-corrected chi connectivity index (χ4v) is 1.88. The number of hydrogen-bond acceptors (Lipinski definition) is 3. The van der Waals surface area contributed by atoms with E-state index < -0.39 is 0 Å². The van der Waals surface area contributed by atoms with E-state index in [1.54, 1.807) is 7.11 Å². The second kappa shape index (κ2) is 6.81. The molecule has 3 nitrogen and oxygen atoms in total. The highest BCUT2D eigenvalue weighted by atomic mass is 16.5. The van der Waals surface area contributed by atoms with Crippen LogP contribution in [0, 0.1) is 0 Å². The monoisotopic (exact) mass is 257 g/mol. The van der Waals surface area contributed by atoms with Crippen LogP contribution in [0.15, 0.2) is 48.5 Å². The lowest BCUT2D eigenvalue weighted by atomic mass is 10.1. The lowest BCUT2D eigenvalue weighted by Crippen LogP contribution is -2.04. The molecule has 0 atom stereocenters. The molecule has 0 fully saturated rings. The summed E-state index contributed by atoms with van der Waals surface area (Å²) < 4.78 is 11.1. The Labute approximate surface area is 114 Å². The van der Waals surface area contributed by atoms with Gasteiger partial charge < -0.3 is 15.2 Å². The van der Waals surface area contributed by atoms with Crippen molar-refractivity contribution in [2.45, 2.75) is 13.0 Å². The zero-order valence-electron chi connectivity index (χ0n) is 11.1. The van der Waals surface area contributed by atoms with Gasteiger partial charge in [-0.1, -0.05) is 36.4 Å². The van der Waals surface area contributed by atoms with E-state index in [0.717, 1.165) is 23.5 Å². The molecule has 0 bridgehead atoms. The Morgan fingerprint density at radius 2 is 1.74 bits per heavy atom. The first-order valence-corrected chi connectivity index (χ1v) is 6.37. The molecule has 0 radical (unpaired) electrons. The van der Waals surface area contributed by atoms with E-state index in [9.17, 15) is 0 Å². The first-order chi connectivity index (χ1) is 9.33. The van der Waals surface area contributed by atoms with Crippen molar-refractivity contribution in [2.24, 2.45) is 5.73 Å². The lowest BCUT2D eigenvalue weighted by Gasteiger charge is -2.12. The summed E-state index contributed by atoms with van der Waals surface area (Å²) in [6, 6.07) is 16.0. The average molecular weight is 257 g/mol. The van der Waals surface area contributed by atoms with E-state index in [2.05, 4.69) is 12.1 Å². The normalized spacial score (nSPS) is 10.2. The van der Waals surface area contributed by atoms with Gasteiger partial charge in [0, 0.05) is 13.0 Å². The first kappa shape index (κ1) is 13.4. The van der Waals surface area contributed by atoms with Crippen LogP contribution in [0.3, 0.4) is 0 Å². The van der Waals surface area contributed by atoms with Gasteiger partial charge in [-0.25, -0.2) is 0 Å². The van der Waals surface area contributed by atoms with Crippen LogP contribution in [0.4, 0.5) is 0 Å². The van der Waals surface area contributed by atoms with Crippen molar-refractivity contribution in [3.63, 3.8) is 0 Å². The van der Waals surface area contributed by atoms with Crippen molar-refractivity contribution in [3.05, 3.63) is 59.7 Å². The maximum Gasteiger partial charge on any atom is 0.161 e. The molecule has 2 aromatic carbocycles. The van der Waals surface area contributed by atoms with Crippen molar-refractivity contribution >= 4 is 0 Å². The molecule has 0 amide bonds. The maximum atomic E-state index is 5.79. The second-order valence-electron chi connectivity index (χ2n) is 4.27. The summed E-state index contributed by atoms with van der Waals surface area (Å²) in [6.07, 6.45) is 0.872. The third-order valence-electron chi connectivity index (χ3n) is 2.95. The van der Waals surface area contributed by atoms with Crippen LogP contribution < -0.4 is 15.2 Å². The van der Waals surface area contributed by atoms with Gasteiger partial charge >= 0.3 is 0 Å². The molecule has 2 N–H and O–H groups in total. The number of rotatable bonds is 6. The fraction of sp³-hybridized carbons (Fsp3) is 0.250. The van der Waals surface area contributed by atoms with Crippen molar-refractivity contribution in [2.75, 3.05) is 13.7 Å². The summed E-state index contributed by atoms with van der Waals surface area (Å²) in [6.45, 7) is 1.12. The smallest absolute Gasteiger partial charge is 0.161 e. The zero-order valence-corrected chi connectivity index (χ0v) is 11.1. The molecular weight excluding hydrogens is 238 g/mol. The van der Waals surface area contributed by atoms with Gasteiger partial charge in [0.25, 0.3) is 0 Å². The van der Waals surface area contributed by atoms with Gasteiger partial charge in [-0.15, -0.1) is 0 Å². The van der Waals surface area contributed by atoms with Crippen molar-refractivity contribution < 1.29 is 9.47 Å². The quantitative estimate of drug-likeness (QED) is 0.865. The Morgan fingerprint density at radius 3 is 2.42 bits per heavy atom. The molecule has 0 aliphatic heterocycles. The Kier molecular flexibility index (Phi) is 4.81. The van der Waals surface area contributed by atoms with E-state index in [4.69, 9.17) is 15.2 Å². The Balaban J connectivity index is 1.98. The molecule has 100 valence electrons. The Hall–Kier alpha value is -2.00. The molecule has 0 aliphatic rings. The summed E-state index contributed by atoms with van der Waals surface area (Å²) in [5, 5.41) is 0. The second-order valence-corrected chi connectivity index (χ2v) is 4.27. The van der Waals surface area contributed by atoms with E-state index in [1.165, 1.54) is 5.56 Å². The topological polar surface area (TPSA) is 44.5 Å². The molecule has 19 heavy (non-hydrogen) atoms. The highest BCUT2D eigenvalue weighted by molar-refractivity contribution is 5.42. The van der Waals surface area contributed by atoms with Crippen molar-refractivity contribution in [1.82, 2.24) is 0 Å². The largest absolute Gasteiger partial charge is 0.493 e. The number of benzene rings is 2. The van der Waals surface area contributed by atoms with Crippen LogP contribution >= 0.6 is 0 Å². The molecule has 0 heterocycles. The highest BCUT2D eigenvalue weighted by Crippen LogP contribution is 2.28. The Bertz CT molecular complexity index is 511. The number of methoxy groups -OCH3 is 1. The van der Waals surface area contributed by atoms with Gasteiger partial charge in [0.05, 0.1) is 13.7 Å². The van der Waals surface area contributed by atoms with Gasteiger partial charge in [0.15, 0.2) is 11.5 Å². The van der Waals surface area contributed by atoms with Crippen LogP contribution in [-0.2, 0) is 13.0 Å². The van der Waals surface area contributed by atoms with Gasteiger partial charge in [0.1, 0.15) is 0 Å². The third kappa shape index (κ3) is 3.73. The van der Waals surface area contributed by atoms with E-state index >= 15 is 0 Å². The van der Waals surface area contributed by atoms with E-state index in [0.29, 0.717) is 13.2 Å². The number of ether oxygens (including phenoxy) is 2. The maximum absolute atomic E-state index is 5.79. The SMILES string of the molecule is COc1ccc(CN)cc1OCCc1ccccc1. The lowest BCUT2D eigenvalue weighted by molar-refractivity contribution is 0.297. The molecule has 3 heteroatoms. The Morgan fingerprint density at radius 1 is 0.947 bits per heavy atom. The van der Waals surface area contributed by atoms with Crippen LogP contribution in [-0.4, -0.2) is 13.7 Å². The van der Waals surface area contributed by atoms with Crippen LogP contribution in [0.25, 0.3) is 0 Å². The van der Waals surface area contributed by atoms with Gasteiger partial charge in [0.2, 0.25) is 0 Å². The molecule has 0 saturated heterocycles. The summed E-state index contributed by atoms with van der Waals surface area (Å²) in [4.78, 5) is 0. The molecule has 0 spiro atoms.